The van der Waals surface area contributed by atoms with Gasteiger partial charge in [0, 0.05) is 13.5 Å². The summed E-state index contributed by atoms with van der Waals surface area (Å²) in [6.07, 6.45) is 22.0. The minimum absolute atomic E-state index is 0.217. The van der Waals surface area contributed by atoms with Gasteiger partial charge in [-0.25, -0.2) is 9.67 Å². The molecule has 314 valence electrons. The molecular weight excluding hydrogens is 753 g/mol. The SMILES string of the molecule is CCCCCCCCCCCCCCCCCCOc1ccc(CC(C(=O)Nc2ccccc2OCC)n2nnc3ccc(/N=c4\sc5ccccc5n4C)cc32)cc1. The van der Waals surface area contributed by atoms with Gasteiger partial charge in [-0.2, -0.15) is 0 Å². The zero-order chi connectivity index (χ0) is 41.1. The zero-order valence-corrected chi connectivity index (χ0v) is 36.4. The van der Waals surface area contributed by atoms with E-state index in [1.165, 1.54) is 101 Å². The molecule has 0 spiro atoms. The number of hydrogen-bond donors (Lipinski definition) is 1. The first kappa shape index (κ1) is 43.6. The van der Waals surface area contributed by atoms with Crippen LogP contribution in [0.25, 0.3) is 21.3 Å². The van der Waals surface area contributed by atoms with Crippen LogP contribution < -0.4 is 19.6 Å². The van der Waals surface area contributed by atoms with Crippen LogP contribution >= 0.6 is 11.3 Å². The Balaban J connectivity index is 1.04. The lowest BCUT2D eigenvalue weighted by molar-refractivity contribution is -0.119. The Morgan fingerprint density at radius 1 is 0.729 bits per heavy atom. The fourth-order valence-electron chi connectivity index (χ4n) is 7.67. The molecule has 0 radical (unpaired) electrons. The number of aromatic nitrogens is 4. The molecule has 4 aromatic carbocycles. The van der Waals surface area contributed by atoms with Gasteiger partial charge in [0.05, 0.1) is 40.3 Å². The van der Waals surface area contributed by atoms with Crippen LogP contribution in [0.4, 0.5) is 11.4 Å². The van der Waals surface area contributed by atoms with Gasteiger partial charge in [0.1, 0.15) is 23.1 Å². The highest BCUT2D eigenvalue weighted by molar-refractivity contribution is 7.16. The van der Waals surface area contributed by atoms with Gasteiger partial charge in [-0.3, -0.25) is 4.79 Å². The summed E-state index contributed by atoms with van der Waals surface area (Å²) in [7, 11) is 2.03. The molecule has 10 heteroatoms. The molecule has 1 amide bonds. The van der Waals surface area contributed by atoms with E-state index >= 15 is 0 Å². The molecule has 59 heavy (non-hydrogen) atoms. The van der Waals surface area contributed by atoms with E-state index in [-0.39, 0.29) is 5.91 Å². The molecule has 2 aromatic heterocycles. The maximum Gasteiger partial charge on any atom is 0.249 e. The molecule has 6 rings (SSSR count). The van der Waals surface area contributed by atoms with Gasteiger partial charge >= 0.3 is 0 Å². The third-order valence-electron chi connectivity index (χ3n) is 11.1. The number of unbranched alkanes of at least 4 members (excludes halogenated alkanes) is 15. The third kappa shape index (κ3) is 13.0. The van der Waals surface area contributed by atoms with E-state index in [9.17, 15) is 4.79 Å². The van der Waals surface area contributed by atoms with Crippen molar-refractivity contribution in [1.29, 1.82) is 0 Å². The van der Waals surface area contributed by atoms with Crippen molar-refractivity contribution >= 4 is 49.9 Å². The molecule has 0 aliphatic carbocycles. The molecule has 0 fully saturated rings. The highest BCUT2D eigenvalue weighted by Crippen LogP contribution is 2.29. The second-order valence-electron chi connectivity index (χ2n) is 15.7. The van der Waals surface area contributed by atoms with E-state index < -0.39 is 6.04 Å². The number of aryl methyl sites for hydroxylation is 1. The smallest absolute Gasteiger partial charge is 0.249 e. The summed E-state index contributed by atoms with van der Waals surface area (Å²) in [6, 6.07) is 29.0. The Morgan fingerprint density at radius 2 is 1.37 bits per heavy atom. The first-order valence-corrected chi connectivity index (χ1v) is 23.0. The number of carbonyl (C=O) groups is 1. The van der Waals surface area contributed by atoms with Crippen LogP contribution in [0.2, 0.25) is 0 Å². The van der Waals surface area contributed by atoms with Gasteiger partial charge in [0.2, 0.25) is 5.91 Å². The molecule has 0 bridgehead atoms. The number of ether oxygens (including phenoxy) is 2. The number of thiazole rings is 1. The number of nitrogens with zero attached hydrogens (tertiary/aromatic N) is 5. The Hall–Kier alpha value is -4.96. The Morgan fingerprint density at radius 3 is 2.05 bits per heavy atom. The molecule has 0 saturated carbocycles. The predicted molar refractivity (Wildman–Crippen MR) is 244 cm³/mol. The number of anilines is 1. The van der Waals surface area contributed by atoms with Crippen molar-refractivity contribution in [3.63, 3.8) is 0 Å². The highest BCUT2D eigenvalue weighted by atomic mass is 32.1. The third-order valence-corrected chi connectivity index (χ3v) is 12.2. The molecule has 1 unspecified atom stereocenters. The number of carbonyl (C=O) groups excluding carboxylic acids is 1. The minimum atomic E-state index is -0.706. The molecule has 2 heterocycles. The lowest BCUT2D eigenvalue weighted by atomic mass is 10.0. The van der Waals surface area contributed by atoms with Crippen molar-refractivity contribution in [2.75, 3.05) is 18.5 Å². The van der Waals surface area contributed by atoms with Crippen LogP contribution in [0.15, 0.2) is 96.0 Å². The van der Waals surface area contributed by atoms with E-state index in [0.717, 1.165) is 39.3 Å². The number of para-hydroxylation sites is 3. The molecule has 6 aromatic rings. The first-order valence-electron chi connectivity index (χ1n) is 22.2. The van der Waals surface area contributed by atoms with Crippen molar-refractivity contribution in [3.05, 3.63) is 101 Å². The summed E-state index contributed by atoms with van der Waals surface area (Å²) in [4.78, 5) is 20.2. The molecule has 0 saturated heterocycles. The number of rotatable bonds is 26. The summed E-state index contributed by atoms with van der Waals surface area (Å²) in [5.41, 5.74) is 4.90. The standard InChI is InChI=1S/C49H64N6O3S/c1-4-6-7-8-9-10-11-12-13-14-15-16-17-18-19-24-35-58-40-32-29-38(30-33-40)36-45(48(56)51-42-25-20-22-27-46(42)57-5-2)55-44-37-39(31-34-41(44)52-53-55)50-49-54(3)43-26-21-23-28-47(43)59-49/h20-23,25-34,37,45H,4-19,24,35-36H2,1-3H3,(H,51,56)/b50-49-. The topological polar surface area (TPSA) is 95.6 Å². The largest absolute Gasteiger partial charge is 0.494 e. The van der Waals surface area contributed by atoms with Gasteiger partial charge < -0.3 is 19.4 Å². The van der Waals surface area contributed by atoms with Crippen LogP contribution in [0.3, 0.4) is 0 Å². The van der Waals surface area contributed by atoms with Crippen molar-refractivity contribution < 1.29 is 14.3 Å². The first-order chi connectivity index (χ1) is 29.0. The van der Waals surface area contributed by atoms with Crippen molar-refractivity contribution in [2.45, 2.75) is 129 Å². The van der Waals surface area contributed by atoms with Gasteiger partial charge in [-0.15, -0.1) is 5.10 Å². The van der Waals surface area contributed by atoms with Crippen LogP contribution in [-0.4, -0.2) is 38.7 Å². The molecular formula is C49H64N6O3S. The van der Waals surface area contributed by atoms with Gasteiger partial charge in [-0.05, 0) is 73.5 Å². The second-order valence-corrected chi connectivity index (χ2v) is 16.7. The average molecular weight is 817 g/mol. The van der Waals surface area contributed by atoms with Crippen LogP contribution in [0.5, 0.6) is 11.5 Å². The van der Waals surface area contributed by atoms with Gasteiger partial charge in [-0.1, -0.05) is 156 Å². The van der Waals surface area contributed by atoms with Crippen molar-refractivity contribution in [3.8, 4) is 11.5 Å². The van der Waals surface area contributed by atoms with E-state index in [1.54, 1.807) is 16.0 Å². The molecule has 9 nitrogen and oxygen atoms in total. The summed E-state index contributed by atoms with van der Waals surface area (Å²) in [5, 5.41) is 12.1. The fourth-order valence-corrected chi connectivity index (χ4v) is 8.70. The Bertz CT molecular complexity index is 2240. The maximum absolute atomic E-state index is 14.3. The summed E-state index contributed by atoms with van der Waals surface area (Å²) in [5.74, 6) is 1.24. The normalized spacial score (nSPS) is 12.4. The summed E-state index contributed by atoms with van der Waals surface area (Å²) in [6.45, 7) is 5.41. The van der Waals surface area contributed by atoms with E-state index in [4.69, 9.17) is 14.5 Å². The lowest BCUT2D eigenvalue weighted by Gasteiger charge is -2.19. The number of nitrogens with one attached hydrogen (secondary N) is 1. The molecule has 0 aliphatic rings. The number of hydrogen-bond acceptors (Lipinski definition) is 7. The highest BCUT2D eigenvalue weighted by Gasteiger charge is 2.26. The minimum Gasteiger partial charge on any atom is -0.494 e. The van der Waals surface area contributed by atoms with E-state index in [1.807, 2.05) is 92.8 Å². The van der Waals surface area contributed by atoms with Crippen LogP contribution in [-0.2, 0) is 18.3 Å². The van der Waals surface area contributed by atoms with Crippen LogP contribution in [0, 0.1) is 0 Å². The summed E-state index contributed by atoms with van der Waals surface area (Å²) >= 11 is 1.64. The quantitative estimate of drug-likeness (QED) is 0.0550. The molecule has 1 N–H and O–H groups in total. The van der Waals surface area contributed by atoms with Crippen molar-refractivity contribution in [1.82, 2.24) is 19.6 Å². The second kappa shape index (κ2) is 23.6. The summed E-state index contributed by atoms with van der Waals surface area (Å²) < 4.78 is 17.0. The van der Waals surface area contributed by atoms with Gasteiger partial charge in [0.25, 0.3) is 0 Å². The molecule has 0 aliphatic heterocycles. The number of amides is 1. The predicted octanol–water partition coefficient (Wildman–Crippen LogP) is 12.7. The molecule has 1 atom stereocenters. The number of benzene rings is 4. The lowest BCUT2D eigenvalue weighted by Crippen LogP contribution is -2.29. The van der Waals surface area contributed by atoms with Crippen LogP contribution in [0.1, 0.15) is 128 Å². The Labute approximate surface area is 354 Å². The maximum atomic E-state index is 14.3. The Kier molecular flexibility index (Phi) is 17.4. The van der Waals surface area contributed by atoms with E-state index in [2.05, 4.69) is 39.3 Å². The van der Waals surface area contributed by atoms with Crippen molar-refractivity contribution in [2.24, 2.45) is 12.0 Å². The monoisotopic (exact) mass is 816 g/mol. The zero-order valence-electron chi connectivity index (χ0n) is 35.5. The average Bonchev–Trinajstić information content (AvgIpc) is 3.82. The fraction of sp³-hybridized carbons (Fsp3) is 0.469. The van der Waals surface area contributed by atoms with E-state index in [0.29, 0.717) is 36.6 Å². The number of fused-ring (bicyclic) bond motifs is 2. The van der Waals surface area contributed by atoms with Gasteiger partial charge in [0.15, 0.2) is 4.80 Å².